The van der Waals surface area contributed by atoms with Crippen molar-refractivity contribution < 1.29 is 4.79 Å². The maximum atomic E-state index is 11.9. The zero-order chi connectivity index (χ0) is 13.1. The molecule has 1 aliphatic heterocycles. The molecule has 6 heteroatoms. The van der Waals surface area contributed by atoms with Gasteiger partial charge in [-0.25, -0.2) is 0 Å². The van der Waals surface area contributed by atoms with Crippen LogP contribution in [0.1, 0.15) is 40.6 Å². The van der Waals surface area contributed by atoms with Crippen LogP contribution in [0.15, 0.2) is 17.5 Å². The molecular weight excluding hydrogens is 260 g/mol. The Kier molecular flexibility index (Phi) is 3.59. The molecule has 100 valence electrons. The molecule has 1 aliphatic rings. The molecule has 0 atom stereocenters. The number of hydrogen-bond donors (Lipinski definition) is 1. The third-order valence-electron chi connectivity index (χ3n) is 3.34. The molecule has 19 heavy (non-hydrogen) atoms. The molecule has 0 unspecified atom stereocenters. The zero-order valence-electron chi connectivity index (χ0n) is 10.6. The maximum Gasteiger partial charge on any atom is 0.261 e. The van der Waals surface area contributed by atoms with Crippen molar-refractivity contribution >= 4 is 17.2 Å². The molecule has 0 saturated carbocycles. The summed E-state index contributed by atoms with van der Waals surface area (Å²) in [7, 11) is 0. The summed E-state index contributed by atoms with van der Waals surface area (Å²) in [5, 5.41) is 13.2. The third kappa shape index (κ3) is 2.68. The first-order chi connectivity index (χ1) is 9.34. The lowest BCUT2D eigenvalue weighted by molar-refractivity contribution is 0.0953. The van der Waals surface area contributed by atoms with Crippen LogP contribution >= 0.6 is 11.3 Å². The first kappa shape index (κ1) is 12.3. The lowest BCUT2D eigenvalue weighted by Crippen LogP contribution is -2.24. The van der Waals surface area contributed by atoms with E-state index in [-0.39, 0.29) is 5.91 Å². The van der Waals surface area contributed by atoms with E-state index in [1.54, 1.807) is 0 Å². The second-order valence-corrected chi connectivity index (χ2v) is 5.60. The molecule has 0 saturated heterocycles. The van der Waals surface area contributed by atoms with Gasteiger partial charge in [0.1, 0.15) is 5.82 Å². The van der Waals surface area contributed by atoms with Crippen molar-refractivity contribution in [1.82, 2.24) is 20.1 Å². The fourth-order valence-electron chi connectivity index (χ4n) is 2.33. The number of carbonyl (C=O) groups excluding carboxylic acids is 1. The normalized spacial score (nSPS) is 14.7. The van der Waals surface area contributed by atoms with E-state index in [1.165, 1.54) is 24.2 Å². The summed E-state index contributed by atoms with van der Waals surface area (Å²) in [4.78, 5) is 12.6. The highest BCUT2D eigenvalue weighted by molar-refractivity contribution is 7.12. The summed E-state index contributed by atoms with van der Waals surface area (Å²) >= 11 is 1.45. The average molecular weight is 276 g/mol. The SMILES string of the molecule is O=C(NCc1nnc2n1CCCCC2)c1cccs1. The highest BCUT2D eigenvalue weighted by atomic mass is 32.1. The summed E-state index contributed by atoms with van der Waals surface area (Å²) < 4.78 is 2.15. The number of amides is 1. The Morgan fingerprint density at radius 2 is 2.32 bits per heavy atom. The lowest BCUT2D eigenvalue weighted by Gasteiger charge is -2.07. The molecule has 5 nitrogen and oxygen atoms in total. The topological polar surface area (TPSA) is 59.8 Å². The van der Waals surface area contributed by atoms with Gasteiger partial charge in [-0.15, -0.1) is 21.5 Å². The summed E-state index contributed by atoms with van der Waals surface area (Å²) in [6.07, 6.45) is 4.58. The quantitative estimate of drug-likeness (QED) is 0.932. The maximum absolute atomic E-state index is 11.9. The smallest absolute Gasteiger partial charge is 0.261 e. The number of thiophene rings is 1. The number of nitrogens with zero attached hydrogens (tertiary/aromatic N) is 3. The van der Waals surface area contributed by atoms with Gasteiger partial charge in [-0.2, -0.15) is 0 Å². The molecule has 2 aromatic rings. The van der Waals surface area contributed by atoms with E-state index >= 15 is 0 Å². The fraction of sp³-hybridized carbons (Fsp3) is 0.462. The van der Waals surface area contributed by atoms with Crippen LogP contribution in [0.4, 0.5) is 0 Å². The fourth-order valence-corrected chi connectivity index (χ4v) is 2.97. The Bertz CT molecular complexity index is 561. The molecule has 1 amide bonds. The van der Waals surface area contributed by atoms with Crippen molar-refractivity contribution in [3.8, 4) is 0 Å². The van der Waals surface area contributed by atoms with E-state index in [1.807, 2.05) is 17.5 Å². The van der Waals surface area contributed by atoms with Gasteiger partial charge in [0.15, 0.2) is 5.82 Å². The second-order valence-electron chi connectivity index (χ2n) is 4.65. The second kappa shape index (κ2) is 5.52. The lowest BCUT2D eigenvalue weighted by atomic mass is 10.2. The number of fused-ring (bicyclic) bond motifs is 1. The third-order valence-corrected chi connectivity index (χ3v) is 4.21. The molecule has 0 aromatic carbocycles. The van der Waals surface area contributed by atoms with Gasteiger partial charge in [0.25, 0.3) is 5.91 Å². The van der Waals surface area contributed by atoms with Crippen LogP contribution in [0.25, 0.3) is 0 Å². The van der Waals surface area contributed by atoms with E-state index in [0.717, 1.165) is 35.9 Å². The molecule has 0 bridgehead atoms. The first-order valence-electron chi connectivity index (χ1n) is 6.57. The van der Waals surface area contributed by atoms with Gasteiger partial charge >= 0.3 is 0 Å². The van der Waals surface area contributed by atoms with Gasteiger partial charge < -0.3 is 9.88 Å². The monoisotopic (exact) mass is 276 g/mol. The first-order valence-corrected chi connectivity index (χ1v) is 7.45. The minimum Gasteiger partial charge on any atom is -0.344 e. The van der Waals surface area contributed by atoms with Gasteiger partial charge in [0.05, 0.1) is 11.4 Å². The molecule has 3 rings (SSSR count). The molecule has 0 spiro atoms. The van der Waals surface area contributed by atoms with Gasteiger partial charge in [0.2, 0.25) is 0 Å². The van der Waals surface area contributed by atoms with Gasteiger partial charge in [-0.05, 0) is 24.3 Å². The van der Waals surface area contributed by atoms with E-state index in [4.69, 9.17) is 0 Å². The van der Waals surface area contributed by atoms with Gasteiger partial charge in [-0.1, -0.05) is 12.5 Å². The van der Waals surface area contributed by atoms with Crippen LogP contribution in [0.5, 0.6) is 0 Å². The minimum atomic E-state index is -0.0408. The summed E-state index contributed by atoms with van der Waals surface area (Å²) in [5.74, 6) is 1.88. The molecular formula is C13H16N4OS. The van der Waals surface area contributed by atoms with E-state index in [0.29, 0.717) is 6.54 Å². The Morgan fingerprint density at radius 1 is 1.37 bits per heavy atom. The number of rotatable bonds is 3. The Morgan fingerprint density at radius 3 is 3.16 bits per heavy atom. The van der Waals surface area contributed by atoms with Crippen LogP contribution in [0, 0.1) is 0 Å². The standard InChI is InChI=1S/C13H16N4OS/c18-13(10-5-4-8-19-10)14-9-12-16-15-11-6-2-1-3-7-17(11)12/h4-5,8H,1-3,6-7,9H2,(H,14,18). The number of nitrogens with one attached hydrogen (secondary N) is 1. The summed E-state index contributed by atoms with van der Waals surface area (Å²) in [5.41, 5.74) is 0. The number of aromatic nitrogens is 3. The molecule has 1 N–H and O–H groups in total. The Balaban J connectivity index is 1.67. The zero-order valence-corrected chi connectivity index (χ0v) is 11.4. The van der Waals surface area contributed by atoms with Crippen LogP contribution < -0.4 is 5.32 Å². The summed E-state index contributed by atoms with van der Waals surface area (Å²) in [6, 6.07) is 3.70. The van der Waals surface area contributed by atoms with Crippen molar-refractivity contribution in [2.45, 2.75) is 38.8 Å². The molecule has 3 heterocycles. The molecule has 0 radical (unpaired) electrons. The highest BCUT2D eigenvalue weighted by Gasteiger charge is 2.15. The largest absolute Gasteiger partial charge is 0.344 e. The van der Waals surface area contributed by atoms with E-state index in [9.17, 15) is 4.79 Å². The number of carbonyl (C=O) groups is 1. The number of hydrogen-bond acceptors (Lipinski definition) is 4. The van der Waals surface area contributed by atoms with Crippen LogP contribution in [0.3, 0.4) is 0 Å². The van der Waals surface area contributed by atoms with Crippen LogP contribution in [-0.2, 0) is 19.5 Å². The molecule has 0 aliphatic carbocycles. The van der Waals surface area contributed by atoms with Crippen molar-refractivity contribution in [3.05, 3.63) is 34.0 Å². The van der Waals surface area contributed by atoms with Crippen molar-refractivity contribution in [1.29, 1.82) is 0 Å². The predicted molar refractivity (Wildman–Crippen MR) is 73.1 cm³/mol. The molecule has 0 fully saturated rings. The Labute approximate surface area is 115 Å². The van der Waals surface area contributed by atoms with Gasteiger partial charge in [0, 0.05) is 13.0 Å². The van der Waals surface area contributed by atoms with Crippen LogP contribution in [0.2, 0.25) is 0 Å². The average Bonchev–Trinajstić information content (AvgIpc) is 3.02. The number of aryl methyl sites for hydroxylation is 1. The van der Waals surface area contributed by atoms with E-state index in [2.05, 4.69) is 20.1 Å². The van der Waals surface area contributed by atoms with Crippen molar-refractivity contribution in [3.63, 3.8) is 0 Å². The van der Waals surface area contributed by atoms with E-state index < -0.39 is 0 Å². The van der Waals surface area contributed by atoms with Crippen molar-refractivity contribution in [2.75, 3.05) is 0 Å². The van der Waals surface area contributed by atoms with Crippen LogP contribution in [-0.4, -0.2) is 20.7 Å². The van der Waals surface area contributed by atoms with Crippen molar-refractivity contribution in [2.24, 2.45) is 0 Å². The minimum absolute atomic E-state index is 0.0408. The summed E-state index contributed by atoms with van der Waals surface area (Å²) in [6.45, 7) is 1.41. The Hall–Kier alpha value is -1.69. The molecule has 2 aromatic heterocycles. The van der Waals surface area contributed by atoms with Gasteiger partial charge in [-0.3, -0.25) is 4.79 Å². The highest BCUT2D eigenvalue weighted by Crippen LogP contribution is 2.14. The predicted octanol–water partition coefficient (Wildman–Crippen LogP) is 2.00.